The van der Waals surface area contributed by atoms with Gasteiger partial charge in [-0.3, -0.25) is 4.79 Å². The Bertz CT molecular complexity index is 929. The van der Waals surface area contributed by atoms with E-state index in [9.17, 15) is 4.79 Å². The monoisotopic (exact) mass is 365 g/mol. The molecule has 3 heterocycles. The lowest BCUT2D eigenvalue weighted by molar-refractivity contribution is -0.111. The van der Waals surface area contributed by atoms with Gasteiger partial charge >= 0.3 is 0 Å². The summed E-state index contributed by atoms with van der Waals surface area (Å²) in [6.07, 6.45) is 7.71. The van der Waals surface area contributed by atoms with Gasteiger partial charge in [-0.2, -0.15) is 0 Å². The molecule has 0 radical (unpaired) electrons. The molecule has 3 aromatic rings. The number of nitrogens with zero attached hydrogens (tertiary/aromatic N) is 4. The lowest BCUT2D eigenvalue weighted by atomic mass is 10.2. The van der Waals surface area contributed by atoms with Crippen LogP contribution < -0.4 is 5.32 Å². The van der Waals surface area contributed by atoms with Crippen LogP contribution in [0.25, 0.3) is 17.5 Å². The van der Waals surface area contributed by atoms with Crippen molar-refractivity contribution in [2.75, 3.05) is 5.32 Å². The molecular formula is C19H19N5OS. The summed E-state index contributed by atoms with van der Waals surface area (Å²) in [5, 5.41) is 13.5. The molecule has 1 amide bonds. The van der Waals surface area contributed by atoms with Crippen molar-refractivity contribution >= 4 is 29.0 Å². The predicted molar refractivity (Wildman–Crippen MR) is 103 cm³/mol. The molecule has 6 nitrogen and oxygen atoms in total. The van der Waals surface area contributed by atoms with Gasteiger partial charge in [0, 0.05) is 35.7 Å². The number of anilines is 1. The lowest BCUT2D eigenvalue weighted by Gasteiger charge is -2.08. The van der Waals surface area contributed by atoms with Crippen LogP contribution in [0.4, 0.5) is 5.69 Å². The van der Waals surface area contributed by atoms with E-state index in [0.29, 0.717) is 0 Å². The Balaban J connectivity index is 1.52. The summed E-state index contributed by atoms with van der Waals surface area (Å²) in [6, 6.07) is 7.74. The molecule has 1 N–H and O–H groups in total. The summed E-state index contributed by atoms with van der Waals surface area (Å²) < 4.78 is 2.20. The number of hydrogen-bond acceptors (Lipinski definition) is 5. The molecule has 0 saturated carbocycles. The summed E-state index contributed by atoms with van der Waals surface area (Å²) >= 11 is 1.50. The van der Waals surface area contributed by atoms with Gasteiger partial charge in [-0.15, -0.1) is 21.5 Å². The van der Waals surface area contributed by atoms with Crippen LogP contribution in [0.1, 0.15) is 30.8 Å². The molecule has 0 fully saturated rings. The van der Waals surface area contributed by atoms with Crippen molar-refractivity contribution < 1.29 is 4.79 Å². The SMILES string of the molecule is O=C(/C=C/c1cscn1)Nc1cccc(-c2nnc3n2CCCCC3)c1. The van der Waals surface area contributed by atoms with Crippen molar-refractivity contribution in [2.24, 2.45) is 0 Å². The number of carbonyl (C=O) groups is 1. The molecule has 26 heavy (non-hydrogen) atoms. The predicted octanol–water partition coefficient (Wildman–Crippen LogP) is 3.78. The van der Waals surface area contributed by atoms with Crippen LogP contribution in [0, 0.1) is 0 Å². The fourth-order valence-corrected chi connectivity index (χ4v) is 3.61. The van der Waals surface area contributed by atoms with Gasteiger partial charge in [0.05, 0.1) is 11.2 Å². The minimum absolute atomic E-state index is 0.185. The first kappa shape index (κ1) is 16.7. The molecule has 0 saturated heterocycles. The van der Waals surface area contributed by atoms with Crippen LogP contribution in [-0.4, -0.2) is 25.7 Å². The van der Waals surface area contributed by atoms with Crippen molar-refractivity contribution in [1.82, 2.24) is 19.7 Å². The molecule has 4 rings (SSSR count). The van der Waals surface area contributed by atoms with Gasteiger partial charge in [0.1, 0.15) is 5.82 Å². The van der Waals surface area contributed by atoms with E-state index < -0.39 is 0 Å². The second-order valence-corrected chi connectivity index (χ2v) is 6.94. The van der Waals surface area contributed by atoms with Crippen molar-refractivity contribution in [3.63, 3.8) is 0 Å². The van der Waals surface area contributed by atoms with Gasteiger partial charge < -0.3 is 9.88 Å². The molecule has 0 spiro atoms. The Hall–Kier alpha value is -2.80. The topological polar surface area (TPSA) is 72.7 Å². The third-order valence-electron chi connectivity index (χ3n) is 4.35. The molecule has 7 heteroatoms. The van der Waals surface area contributed by atoms with E-state index in [0.717, 1.165) is 48.0 Å². The van der Waals surface area contributed by atoms with Crippen LogP contribution in [0.2, 0.25) is 0 Å². The summed E-state index contributed by atoms with van der Waals surface area (Å²) in [6.45, 7) is 0.949. The second-order valence-electron chi connectivity index (χ2n) is 6.22. The van der Waals surface area contributed by atoms with Gasteiger partial charge in [-0.1, -0.05) is 18.6 Å². The van der Waals surface area contributed by atoms with E-state index in [1.807, 2.05) is 29.6 Å². The highest BCUT2D eigenvalue weighted by molar-refractivity contribution is 7.07. The maximum atomic E-state index is 12.1. The molecule has 1 aliphatic rings. The molecule has 0 bridgehead atoms. The van der Waals surface area contributed by atoms with E-state index in [1.165, 1.54) is 30.3 Å². The number of hydrogen-bond donors (Lipinski definition) is 1. The van der Waals surface area contributed by atoms with Crippen molar-refractivity contribution in [1.29, 1.82) is 0 Å². The van der Waals surface area contributed by atoms with Gasteiger partial charge in [0.2, 0.25) is 5.91 Å². The van der Waals surface area contributed by atoms with Gasteiger partial charge in [0.25, 0.3) is 0 Å². The Kier molecular flexibility index (Phi) is 4.88. The maximum absolute atomic E-state index is 12.1. The molecule has 0 aliphatic carbocycles. The van der Waals surface area contributed by atoms with Crippen LogP contribution in [0.3, 0.4) is 0 Å². The number of rotatable bonds is 4. The fraction of sp³-hybridized carbons (Fsp3) is 0.263. The van der Waals surface area contributed by atoms with Crippen LogP contribution >= 0.6 is 11.3 Å². The summed E-state index contributed by atoms with van der Waals surface area (Å²) in [7, 11) is 0. The highest BCUT2D eigenvalue weighted by Crippen LogP contribution is 2.24. The molecular weight excluding hydrogens is 346 g/mol. The summed E-state index contributed by atoms with van der Waals surface area (Å²) in [4.78, 5) is 16.3. The zero-order valence-electron chi connectivity index (χ0n) is 14.3. The van der Waals surface area contributed by atoms with Crippen LogP contribution in [0.5, 0.6) is 0 Å². The average molecular weight is 365 g/mol. The van der Waals surface area contributed by atoms with E-state index in [2.05, 4.69) is 25.1 Å². The maximum Gasteiger partial charge on any atom is 0.248 e. The first-order valence-corrected chi connectivity index (χ1v) is 9.64. The summed E-state index contributed by atoms with van der Waals surface area (Å²) in [5.74, 6) is 1.74. The van der Waals surface area contributed by atoms with E-state index in [-0.39, 0.29) is 5.91 Å². The zero-order valence-corrected chi connectivity index (χ0v) is 15.1. The number of nitrogens with one attached hydrogen (secondary N) is 1. The Morgan fingerprint density at radius 3 is 3.08 bits per heavy atom. The Morgan fingerprint density at radius 2 is 2.19 bits per heavy atom. The number of aryl methyl sites for hydroxylation is 1. The number of amides is 1. The minimum Gasteiger partial charge on any atom is -0.322 e. The first-order valence-electron chi connectivity index (χ1n) is 8.69. The van der Waals surface area contributed by atoms with Gasteiger partial charge in [-0.25, -0.2) is 4.98 Å². The van der Waals surface area contributed by atoms with E-state index in [4.69, 9.17) is 0 Å². The van der Waals surface area contributed by atoms with E-state index >= 15 is 0 Å². The molecule has 0 atom stereocenters. The Labute approximate surface area is 155 Å². The molecule has 1 aliphatic heterocycles. The molecule has 2 aromatic heterocycles. The number of aromatic nitrogens is 4. The Morgan fingerprint density at radius 1 is 1.23 bits per heavy atom. The van der Waals surface area contributed by atoms with Gasteiger partial charge in [-0.05, 0) is 31.1 Å². The quantitative estimate of drug-likeness (QED) is 0.714. The lowest BCUT2D eigenvalue weighted by Crippen LogP contribution is -2.08. The van der Waals surface area contributed by atoms with Crippen molar-refractivity contribution in [3.8, 4) is 11.4 Å². The number of fused-ring (bicyclic) bond motifs is 1. The van der Waals surface area contributed by atoms with Gasteiger partial charge in [0.15, 0.2) is 5.82 Å². The van der Waals surface area contributed by atoms with Crippen molar-refractivity contribution in [3.05, 3.63) is 52.8 Å². The highest BCUT2D eigenvalue weighted by atomic mass is 32.1. The van der Waals surface area contributed by atoms with E-state index in [1.54, 1.807) is 11.6 Å². The first-order chi connectivity index (χ1) is 12.8. The third kappa shape index (κ3) is 3.72. The normalized spacial score (nSPS) is 14.2. The third-order valence-corrected chi connectivity index (χ3v) is 4.96. The second kappa shape index (κ2) is 7.61. The smallest absolute Gasteiger partial charge is 0.248 e. The van der Waals surface area contributed by atoms with Crippen LogP contribution in [0.15, 0.2) is 41.2 Å². The number of benzene rings is 1. The number of carbonyl (C=O) groups excluding carboxylic acids is 1. The standard InChI is InChI=1S/C19H19N5OS/c25-18(9-8-16-12-26-13-20-16)21-15-6-4-5-14(11-15)19-23-22-17-7-2-1-3-10-24(17)19/h4-6,8-9,11-13H,1-3,7,10H2,(H,21,25)/b9-8+. The molecule has 1 aromatic carbocycles. The minimum atomic E-state index is -0.185. The number of thiazole rings is 1. The largest absolute Gasteiger partial charge is 0.322 e. The van der Waals surface area contributed by atoms with Crippen LogP contribution in [-0.2, 0) is 17.8 Å². The molecule has 0 unspecified atom stereocenters. The zero-order chi connectivity index (χ0) is 17.8. The fourth-order valence-electron chi connectivity index (χ4n) is 3.08. The summed E-state index contributed by atoms with van der Waals surface area (Å²) in [5.41, 5.74) is 4.22. The van der Waals surface area contributed by atoms with Crippen molar-refractivity contribution in [2.45, 2.75) is 32.2 Å². The average Bonchev–Trinajstić information content (AvgIpc) is 3.25. The molecule has 132 valence electrons. The highest BCUT2D eigenvalue weighted by Gasteiger charge is 2.16.